The topological polar surface area (TPSA) is 52.4 Å². The Morgan fingerprint density at radius 1 is 1.41 bits per heavy atom. The van der Waals surface area contributed by atoms with Gasteiger partial charge < -0.3 is 4.74 Å². The van der Waals surface area contributed by atoms with Crippen molar-refractivity contribution in [2.75, 3.05) is 6.61 Å². The first-order chi connectivity index (χ1) is 8.16. The molecule has 5 heteroatoms. The van der Waals surface area contributed by atoms with Gasteiger partial charge in [0.15, 0.2) is 0 Å². The largest absolute Gasteiger partial charge is 0.491 e. The van der Waals surface area contributed by atoms with Crippen LogP contribution in [0.4, 0.5) is 5.69 Å². The SMILES string of the molecule is O=[N+]([O-])c1ccc(Cl)c(OCC2CCCC2)c1. The van der Waals surface area contributed by atoms with Crippen molar-refractivity contribution in [2.24, 2.45) is 5.92 Å². The second-order valence-corrected chi connectivity index (χ2v) is 4.74. The van der Waals surface area contributed by atoms with E-state index in [1.165, 1.54) is 43.9 Å². The van der Waals surface area contributed by atoms with E-state index < -0.39 is 4.92 Å². The van der Waals surface area contributed by atoms with Crippen LogP contribution in [0.25, 0.3) is 0 Å². The Kier molecular flexibility index (Phi) is 3.84. The highest BCUT2D eigenvalue weighted by atomic mass is 35.5. The number of nitrogens with zero attached hydrogens (tertiary/aromatic N) is 1. The van der Waals surface area contributed by atoms with E-state index in [-0.39, 0.29) is 5.69 Å². The Balaban J connectivity index is 2.03. The Bertz CT molecular complexity index is 416. The van der Waals surface area contributed by atoms with Crippen LogP contribution in [-0.4, -0.2) is 11.5 Å². The summed E-state index contributed by atoms with van der Waals surface area (Å²) < 4.78 is 5.58. The fourth-order valence-corrected chi connectivity index (χ4v) is 2.27. The third-order valence-corrected chi connectivity index (χ3v) is 3.39. The molecule has 1 aliphatic rings. The summed E-state index contributed by atoms with van der Waals surface area (Å²) in [4.78, 5) is 10.2. The van der Waals surface area contributed by atoms with Gasteiger partial charge in [-0.1, -0.05) is 24.4 Å². The Labute approximate surface area is 105 Å². The van der Waals surface area contributed by atoms with E-state index in [2.05, 4.69) is 0 Å². The molecule has 0 radical (unpaired) electrons. The molecule has 1 aliphatic carbocycles. The van der Waals surface area contributed by atoms with Crippen LogP contribution in [0.3, 0.4) is 0 Å². The molecular formula is C12H14ClNO3. The highest BCUT2D eigenvalue weighted by molar-refractivity contribution is 6.32. The molecule has 1 aromatic rings. The van der Waals surface area contributed by atoms with Crippen molar-refractivity contribution in [3.63, 3.8) is 0 Å². The normalized spacial score (nSPS) is 16.1. The molecule has 1 fully saturated rings. The minimum absolute atomic E-state index is 0.0100. The molecule has 0 aliphatic heterocycles. The van der Waals surface area contributed by atoms with Crippen LogP contribution in [-0.2, 0) is 0 Å². The van der Waals surface area contributed by atoms with Crippen molar-refractivity contribution < 1.29 is 9.66 Å². The lowest BCUT2D eigenvalue weighted by Crippen LogP contribution is -2.08. The summed E-state index contributed by atoms with van der Waals surface area (Å²) in [5, 5.41) is 11.1. The molecular weight excluding hydrogens is 242 g/mol. The number of nitro groups is 1. The lowest BCUT2D eigenvalue weighted by atomic mass is 10.1. The summed E-state index contributed by atoms with van der Waals surface area (Å²) in [7, 11) is 0. The van der Waals surface area contributed by atoms with Gasteiger partial charge in [-0.3, -0.25) is 10.1 Å². The van der Waals surface area contributed by atoms with Gasteiger partial charge in [0.2, 0.25) is 0 Å². The number of ether oxygens (including phenoxy) is 1. The number of hydrogen-bond donors (Lipinski definition) is 0. The van der Waals surface area contributed by atoms with Crippen LogP contribution in [0, 0.1) is 16.0 Å². The maximum atomic E-state index is 10.6. The third-order valence-electron chi connectivity index (χ3n) is 3.07. The number of benzene rings is 1. The van der Waals surface area contributed by atoms with Crippen LogP contribution in [0.2, 0.25) is 5.02 Å². The molecule has 0 aromatic heterocycles. The lowest BCUT2D eigenvalue weighted by Gasteiger charge is -2.12. The van der Waals surface area contributed by atoms with E-state index in [9.17, 15) is 10.1 Å². The standard InChI is InChI=1S/C12H14ClNO3/c13-11-6-5-10(14(15)16)7-12(11)17-8-9-3-1-2-4-9/h5-7,9H,1-4,8H2. The Morgan fingerprint density at radius 2 is 2.12 bits per heavy atom. The van der Waals surface area contributed by atoms with E-state index in [1.807, 2.05) is 0 Å². The molecule has 0 amide bonds. The monoisotopic (exact) mass is 255 g/mol. The maximum absolute atomic E-state index is 10.6. The molecule has 0 atom stereocenters. The molecule has 2 rings (SSSR count). The van der Waals surface area contributed by atoms with E-state index in [4.69, 9.17) is 16.3 Å². The van der Waals surface area contributed by atoms with Gasteiger partial charge in [0.1, 0.15) is 5.75 Å². The first-order valence-electron chi connectivity index (χ1n) is 5.73. The van der Waals surface area contributed by atoms with Gasteiger partial charge in [-0.2, -0.15) is 0 Å². The van der Waals surface area contributed by atoms with Crippen LogP contribution in [0.5, 0.6) is 5.75 Å². The predicted octanol–water partition coefficient (Wildman–Crippen LogP) is 3.82. The molecule has 0 unspecified atom stereocenters. The smallest absolute Gasteiger partial charge is 0.273 e. The highest BCUT2D eigenvalue weighted by Gasteiger charge is 2.17. The van der Waals surface area contributed by atoms with E-state index in [0.717, 1.165) is 0 Å². The number of non-ortho nitro benzene ring substituents is 1. The third kappa shape index (κ3) is 3.09. The summed E-state index contributed by atoms with van der Waals surface area (Å²) >= 11 is 5.94. The summed E-state index contributed by atoms with van der Waals surface area (Å²) in [6.07, 6.45) is 4.84. The number of rotatable bonds is 4. The molecule has 92 valence electrons. The molecule has 0 bridgehead atoms. The molecule has 0 saturated heterocycles. The van der Waals surface area contributed by atoms with Crippen molar-refractivity contribution in [3.05, 3.63) is 33.3 Å². The molecule has 0 N–H and O–H groups in total. The van der Waals surface area contributed by atoms with Crippen molar-refractivity contribution in [1.82, 2.24) is 0 Å². The summed E-state index contributed by atoms with van der Waals surface area (Å²) in [6.45, 7) is 0.598. The number of nitro benzene ring substituents is 1. The average molecular weight is 256 g/mol. The molecule has 4 nitrogen and oxygen atoms in total. The van der Waals surface area contributed by atoms with Crippen molar-refractivity contribution in [3.8, 4) is 5.75 Å². The van der Waals surface area contributed by atoms with E-state index in [1.54, 1.807) is 0 Å². The Morgan fingerprint density at radius 3 is 2.76 bits per heavy atom. The van der Waals surface area contributed by atoms with Crippen LogP contribution >= 0.6 is 11.6 Å². The Hall–Kier alpha value is -1.29. The van der Waals surface area contributed by atoms with Crippen LogP contribution < -0.4 is 4.74 Å². The summed E-state index contributed by atoms with van der Waals surface area (Å²) in [6, 6.07) is 4.27. The second-order valence-electron chi connectivity index (χ2n) is 4.33. The zero-order valence-corrected chi connectivity index (χ0v) is 10.2. The van der Waals surface area contributed by atoms with E-state index in [0.29, 0.717) is 23.3 Å². The maximum Gasteiger partial charge on any atom is 0.273 e. The van der Waals surface area contributed by atoms with Gasteiger partial charge in [0, 0.05) is 6.07 Å². The van der Waals surface area contributed by atoms with E-state index >= 15 is 0 Å². The quantitative estimate of drug-likeness (QED) is 0.607. The van der Waals surface area contributed by atoms with Crippen molar-refractivity contribution in [2.45, 2.75) is 25.7 Å². The molecule has 1 saturated carbocycles. The number of halogens is 1. The highest BCUT2D eigenvalue weighted by Crippen LogP contribution is 2.31. The van der Waals surface area contributed by atoms with Gasteiger partial charge in [-0.15, -0.1) is 0 Å². The fraction of sp³-hybridized carbons (Fsp3) is 0.500. The van der Waals surface area contributed by atoms with Crippen LogP contribution in [0.1, 0.15) is 25.7 Å². The lowest BCUT2D eigenvalue weighted by molar-refractivity contribution is -0.384. The van der Waals surface area contributed by atoms with Gasteiger partial charge in [-0.25, -0.2) is 0 Å². The minimum Gasteiger partial charge on any atom is -0.491 e. The van der Waals surface area contributed by atoms with Gasteiger partial charge in [0.05, 0.1) is 22.6 Å². The molecule has 17 heavy (non-hydrogen) atoms. The van der Waals surface area contributed by atoms with Gasteiger partial charge >= 0.3 is 0 Å². The zero-order valence-electron chi connectivity index (χ0n) is 9.39. The van der Waals surface area contributed by atoms with Crippen LogP contribution in [0.15, 0.2) is 18.2 Å². The first kappa shape index (κ1) is 12.2. The first-order valence-corrected chi connectivity index (χ1v) is 6.11. The van der Waals surface area contributed by atoms with Crippen molar-refractivity contribution in [1.29, 1.82) is 0 Å². The van der Waals surface area contributed by atoms with Gasteiger partial charge in [0.25, 0.3) is 5.69 Å². The minimum atomic E-state index is -0.446. The number of hydrogen-bond acceptors (Lipinski definition) is 3. The summed E-state index contributed by atoms with van der Waals surface area (Å²) in [5.41, 5.74) is 0.0100. The van der Waals surface area contributed by atoms with Gasteiger partial charge in [-0.05, 0) is 24.8 Å². The molecule has 0 spiro atoms. The molecule has 1 aromatic carbocycles. The predicted molar refractivity (Wildman–Crippen MR) is 65.6 cm³/mol. The van der Waals surface area contributed by atoms with Crippen molar-refractivity contribution >= 4 is 17.3 Å². The average Bonchev–Trinajstić information content (AvgIpc) is 2.80. The molecule has 0 heterocycles. The summed E-state index contributed by atoms with van der Waals surface area (Å²) in [5.74, 6) is 0.970. The second kappa shape index (κ2) is 5.36. The fourth-order valence-electron chi connectivity index (χ4n) is 2.10. The zero-order chi connectivity index (χ0) is 12.3.